The van der Waals surface area contributed by atoms with Crippen LogP contribution in [-0.4, -0.2) is 5.91 Å². The van der Waals surface area contributed by atoms with Gasteiger partial charge in [0.25, 0.3) is 5.91 Å². The highest BCUT2D eigenvalue weighted by Crippen LogP contribution is 2.21. The van der Waals surface area contributed by atoms with E-state index in [0.29, 0.717) is 11.4 Å². The zero-order valence-electron chi connectivity index (χ0n) is 10.2. The van der Waals surface area contributed by atoms with E-state index >= 15 is 0 Å². The molecule has 0 aliphatic rings. The number of carbonyl (C=O) groups is 1. The lowest BCUT2D eigenvalue weighted by Crippen LogP contribution is -2.13. The number of hydrogen-bond donors (Lipinski definition) is 2. The van der Waals surface area contributed by atoms with Gasteiger partial charge in [-0.2, -0.15) is 0 Å². The summed E-state index contributed by atoms with van der Waals surface area (Å²) in [5.74, 6) is -1.07. The van der Waals surface area contributed by atoms with Gasteiger partial charge in [0.1, 0.15) is 5.82 Å². The Kier molecular flexibility index (Phi) is 3.71. The Hall–Kier alpha value is -2.07. The van der Waals surface area contributed by atoms with Crippen LogP contribution in [0.2, 0.25) is 5.02 Å². The van der Waals surface area contributed by atoms with Gasteiger partial charge in [-0.05, 0) is 42.8 Å². The van der Waals surface area contributed by atoms with Gasteiger partial charge in [-0.3, -0.25) is 4.79 Å². The molecule has 0 heterocycles. The molecule has 0 unspecified atom stereocenters. The maximum Gasteiger partial charge on any atom is 0.255 e. The van der Waals surface area contributed by atoms with Gasteiger partial charge in [0, 0.05) is 5.56 Å². The fraction of sp³-hybridized carbons (Fsp3) is 0.0714. The zero-order chi connectivity index (χ0) is 14.0. The van der Waals surface area contributed by atoms with Crippen LogP contribution >= 0.6 is 11.6 Å². The van der Waals surface area contributed by atoms with Crippen molar-refractivity contribution < 1.29 is 9.18 Å². The third kappa shape index (κ3) is 3.03. The third-order valence-corrected chi connectivity index (χ3v) is 2.94. The van der Waals surface area contributed by atoms with Gasteiger partial charge in [0.15, 0.2) is 0 Å². The summed E-state index contributed by atoms with van der Waals surface area (Å²) in [6.45, 7) is 1.90. The molecule has 0 aliphatic carbocycles. The van der Waals surface area contributed by atoms with Gasteiger partial charge in [-0.25, -0.2) is 4.39 Å². The fourth-order valence-corrected chi connectivity index (χ4v) is 1.75. The molecule has 0 spiro atoms. The lowest BCUT2D eigenvalue weighted by molar-refractivity contribution is 0.102. The average molecular weight is 279 g/mol. The number of benzene rings is 2. The summed E-state index contributed by atoms with van der Waals surface area (Å²) in [6.07, 6.45) is 0. The first-order chi connectivity index (χ1) is 8.97. The smallest absolute Gasteiger partial charge is 0.255 e. The van der Waals surface area contributed by atoms with Crippen molar-refractivity contribution in [1.82, 2.24) is 0 Å². The average Bonchev–Trinajstić information content (AvgIpc) is 2.36. The van der Waals surface area contributed by atoms with E-state index in [1.165, 1.54) is 12.1 Å². The van der Waals surface area contributed by atoms with Gasteiger partial charge in [-0.15, -0.1) is 0 Å². The summed E-state index contributed by atoms with van der Waals surface area (Å²) in [4.78, 5) is 11.9. The van der Waals surface area contributed by atoms with Crippen LogP contribution in [0.3, 0.4) is 0 Å². The Morgan fingerprint density at radius 3 is 2.63 bits per heavy atom. The lowest BCUT2D eigenvalue weighted by atomic mass is 10.1. The van der Waals surface area contributed by atoms with Crippen LogP contribution in [0.15, 0.2) is 36.4 Å². The maximum absolute atomic E-state index is 13.3. The summed E-state index contributed by atoms with van der Waals surface area (Å²) in [7, 11) is 0. The van der Waals surface area contributed by atoms with E-state index in [1.807, 2.05) is 13.0 Å². The molecule has 2 aromatic carbocycles. The molecular weight excluding hydrogens is 267 g/mol. The molecule has 98 valence electrons. The molecule has 5 heteroatoms. The van der Waals surface area contributed by atoms with Crippen molar-refractivity contribution in [2.24, 2.45) is 0 Å². The predicted molar refractivity (Wildman–Crippen MR) is 75.0 cm³/mol. The van der Waals surface area contributed by atoms with Crippen molar-refractivity contribution in [2.45, 2.75) is 6.92 Å². The maximum atomic E-state index is 13.3. The van der Waals surface area contributed by atoms with E-state index in [0.717, 1.165) is 11.6 Å². The minimum Gasteiger partial charge on any atom is -0.397 e. The van der Waals surface area contributed by atoms with E-state index in [1.54, 1.807) is 12.1 Å². The third-order valence-electron chi connectivity index (χ3n) is 2.64. The van der Waals surface area contributed by atoms with Gasteiger partial charge in [0.2, 0.25) is 0 Å². The molecule has 3 nitrogen and oxygen atoms in total. The number of nitrogens with one attached hydrogen (secondary N) is 1. The van der Waals surface area contributed by atoms with Crippen molar-refractivity contribution in [3.05, 3.63) is 58.4 Å². The van der Waals surface area contributed by atoms with Crippen LogP contribution in [0.5, 0.6) is 0 Å². The van der Waals surface area contributed by atoms with Gasteiger partial charge in [-0.1, -0.05) is 17.7 Å². The van der Waals surface area contributed by atoms with Gasteiger partial charge < -0.3 is 11.1 Å². The SMILES string of the molecule is Cc1ccc(NC(=O)c2ccc(Cl)c(F)c2)c(N)c1. The molecule has 0 aliphatic heterocycles. The number of rotatable bonds is 2. The number of hydrogen-bond acceptors (Lipinski definition) is 2. The van der Waals surface area contributed by atoms with Crippen LogP contribution in [0.1, 0.15) is 15.9 Å². The van der Waals surface area contributed by atoms with E-state index < -0.39 is 11.7 Å². The number of halogens is 2. The number of anilines is 2. The Labute approximate surface area is 115 Å². The van der Waals surface area contributed by atoms with Crippen LogP contribution in [0.4, 0.5) is 15.8 Å². The van der Waals surface area contributed by atoms with Crippen molar-refractivity contribution >= 4 is 28.9 Å². The highest BCUT2D eigenvalue weighted by molar-refractivity contribution is 6.30. The second-order valence-electron chi connectivity index (χ2n) is 4.17. The second-order valence-corrected chi connectivity index (χ2v) is 4.58. The summed E-state index contributed by atoms with van der Waals surface area (Å²) in [6, 6.07) is 9.15. The molecule has 0 radical (unpaired) electrons. The molecule has 0 aromatic heterocycles. The lowest BCUT2D eigenvalue weighted by Gasteiger charge is -2.09. The fourth-order valence-electron chi connectivity index (χ4n) is 1.63. The molecule has 0 saturated heterocycles. The number of amides is 1. The summed E-state index contributed by atoms with van der Waals surface area (Å²) in [5, 5.41) is 2.60. The molecule has 0 fully saturated rings. The molecule has 2 rings (SSSR count). The topological polar surface area (TPSA) is 55.1 Å². The Morgan fingerprint density at radius 2 is 2.00 bits per heavy atom. The molecule has 0 atom stereocenters. The summed E-state index contributed by atoms with van der Waals surface area (Å²) < 4.78 is 13.3. The molecule has 2 aromatic rings. The predicted octanol–water partition coefficient (Wildman–Crippen LogP) is 3.62. The van der Waals surface area contributed by atoms with Crippen LogP contribution in [0, 0.1) is 12.7 Å². The largest absolute Gasteiger partial charge is 0.397 e. The molecule has 19 heavy (non-hydrogen) atoms. The van der Waals surface area contributed by atoms with E-state index in [-0.39, 0.29) is 10.6 Å². The Morgan fingerprint density at radius 1 is 1.26 bits per heavy atom. The minimum atomic E-state index is -0.633. The standard InChI is InChI=1S/C14H12ClFN2O/c1-8-2-5-13(12(17)6-8)18-14(19)9-3-4-10(15)11(16)7-9/h2-7H,17H2,1H3,(H,18,19). The Bertz CT molecular complexity index is 643. The monoisotopic (exact) mass is 278 g/mol. The second kappa shape index (κ2) is 5.28. The summed E-state index contributed by atoms with van der Waals surface area (Å²) in [5.41, 5.74) is 7.92. The first-order valence-corrected chi connectivity index (χ1v) is 5.97. The number of carbonyl (C=O) groups excluding carboxylic acids is 1. The quantitative estimate of drug-likeness (QED) is 0.824. The number of aryl methyl sites for hydroxylation is 1. The van der Waals surface area contributed by atoms with Crippen molar-refractivity contribution in [2.75, 3.05) is 11.1 Å². The van der Waals surface area contributed by atoms with Crippen molar-refractivity contribution in [3.63, 3.8) is 0 Å². The van der Waals surface area contributed by atoms with Crippen LogP contribution in [0.25, 0.3) is 0 Å². The first-order valence-electron chi connectivity index (χ1n) is 5.60. The van der Waals surface area contributed by atoms with Crippen LogP contribution in [-0.2, 0) is 0 Å². The van der Waals surface area contributed by atoms with Crippen LogP contribution < -0.4 is 11.1 Å². The molecule has 3 N–H and O–H groups in total. The highest BCUT2D eigenvalue weighted by atomic mass is 35.5. The minimum absolute atomic E-state index is 0.0219. The zero-order valence-corrected chi connectivity index (χ0v) is 11.0. The first kappa shape index (κ1) is 13.4. The van der Waals surface area contributed by atoms with Crippen molar-refractivity contribution in [3.8, 4) is 0 Å². The van der Waals surface area contributed by atoms with Gasteiger partial charge in [0.05, 0.1) is 16.4 Å². The number of nitrogens with two attached hydrogens (primary N) is 1. The normalized spacial score (nSPS) is 10.3. The molecule has 0 saturated carbocycles. The van der Waals surface area contributed by atoms with E-state index in [9.17, 15) is 9.18 Å². The Balaban J connectivity index is 2.23. The molecular formula is C14H12ClFN2O. The van der Waals surface area contributed by atoms with Crippen molar-refractivity contribution in [1.29, 1.82) is 0 Å². The number of nitrogen functional groups attached to an aromatic ring is 1. The van der Waals surface area contributed by atoms with E-state index in [4.69, 9.17) is 17.3 Å². The molecule has 0 bridgehead atoms. The van der Waals surface area contributed by atoms with E-state index in [2.05, 4.69) is 5.32 Å². The molecule has 1 amide bonds. The van der Waals surface area contributed by atoms with Gasteiger partial charge >= 0.3 is 0 Å². The summed E-state index contributed by atoms with van der Waals surface area (Å²) >= 11 is 5.56. The highest BCUT2D eigenvalue weighted by Gasteiger charge is 2.10.